The molecule has 13 heavy (non-hydrogen) atoms. The van der Waals surface area contributed by atoms with Crippen LogP contribution in [0.15, 0.2) is 6.20 Å². The molecule has 1 aromatic heterocycles. The second-order valence-electron chi connectivity index (χ2n) is 3.07. The molecule has 0 spiro atoms. The van der Waals surface area contributed by atoms with E-state index in [1.807, 2.05) is 4.57 Å². The molecule has 0 atom stereocenters. The molecule has 1 N–H and O–H groups in total. The van der Waals surface area contributed by atoms with Crippen molar-refractivity contribution in [2.45, 2.75) is 18.9 Å². The number of hydrogen-bond acceptors (Lipinski definition) is 3. The van der Waals surface area contributed by atoms with Crippen LogP contribution in [0.4, 0.5) is 0 Å². The molecule has 1 aliphatic carbocycles. The molecule has 2 rings (SSSR count). The Morgan fingerprint density at radius 2 is 2.46 bits per heavy atom. The van der Waals surface area contributed by atoms with Gasteiger partial charge in [0.25, 0.3) is 0 Å². The summed E-state index contributed by atoms with van der Waals surface area (Å²) in [6.07, 6.45) is 3.79. The normalized spacial score (nSPS) is 15.8. The minimum absolute atomic E-state index is 0.334. The van der Waals surface area contributed by atoms with Crippen LogP contribution >= 0.6 is 12.2 Å². The van der Waals surface area contributed by atoms with Crippen molar-refractivity contribution in [2.24, 2.45) is 0 Å². The third kappa shape index (κ3) is 1.39. The Balaban J connectivity index is 2.45. The number of nitrogens with one attached hydrogen (secondary N) is 1. The Hall–Kier alpha value is -1.10. The van der Waals surface area contributed by atoms with Gasteiger partial charge in [-0.25, -0.2) is 4.79 Å². The Bertz CT molecular complexity index is 389. The minimum Gasteiger partial charge on any atom is -0.464 e. The molecule has 0 aliphatic heterocycles. The fourth-order valence-electron chi connectivity index (χ4n) is 1.34. The molecule has 0 aromatic carbocycles. The van der Waals surface area contributed by atoms with E-state index in [-0.39, 0.29) is 5.97 Å². The number of esters is 1. The highest BCUT2D eigenvalue weighted by Gasteiger charge is 2.28. The molecule has 0 saturated heterocycles. The lowest BCUT2D eigenvalue weighted by Gasteiger charge is -2.03. The van der Waals surface area contributed by atoms with Crippen molar-refractivity contribution in [1.82, 2.24) is 9.55 Å². The van der Waals surface area contributed by atoms with Gasteiger partial charge in [0.1, 0.15) is 5.69 Å². The topological polar surface area (TPSA) is 47.0 Å². The second kappa shape index (κ2) is 2.99. The van der Waals surface area contributed by atoms with Crippen molar-refractivity contribution in [3.8, 4) is 0 Å². The van der Waals surface area contributed by atoms with E-state index >= 15 is 0 Å². The Labute approximate surface area is 80.5 Å². The highest BCUT2D eigenvalue weighted by Crippen LogP contribution is 2.36. The molecule has 1 aromatic rings. The average Bonchev–Trinajstić information content (AvgIpc) is 2.89. The third-order valence-electron chi connectivity index (χ3n) is 2.12. The van der Waals surface area contributed by atoms with Crippen molar-refractivity contribution < 1.29 is 9.53 Å². The molecule has 1 heterocycles. The quantitative estimate of drug-likeness (QED) is 0.580. The van der Waals surface area contributed by atoms with Crippen LogP contribution in [0.2, 0.25) is 0 Å². The Morgan fingerprint density at radius 3 is 3.00 bits per heavy atom. The van der Waals surface area contributed by atoms with Crippen LogP contribution in [-0.2, 0) is 4.74 Å². The molecule has 0 amide bonds. The van der Waals surface area contributed by atoms with E-state index in [1.165, 1.54) is 7.11 Å². The molecular formula is C8H10N2O2S. The zero-order chi connectivity index (χ0) is 9.42. The maximum absolute atomic E-state index is 11.3. The van der Waals surface area contributed by atoms with Gasteiger partial charge in [-0.2, -0.15) is 0 Å². The van der Waals surface area contributed by atoms with Gasteiger partial charge in [0.2, 0.25) is 0 Å². The summed E-state index contributed by atoms with van der Waals surface area (Å²) in [5.41, 5.74) is 0.523. The number of methoxy groups -OCH3 is 1. The van der Waals surface area contributed by atoms with Gasteiger partial charge in [-0.3, -0.25) is 0 Å². The number of imidazole rings is 1. The van der Waals surface area contributed by atoms with E-state index in [4.69, 9.17) is 12.2 Å². The predicted molar refractivity (Wildman–Crippen MR) is 49.2 cm³/mol. The van der Waals surface area contributed by atoms with Crippen LogP contribution in [0.5, 0.6) is 0 Å². The summed E-state index contributed by atoms with van der Waals surface area (Å²) in [6.45, 7) is 0. The predicted octanol–water partition coefficient (Wildman–Crippen LogP) is 1.67. The summed E-state index contributed by atoms with van der Waals surface area (Å²) in [7, 11) is 1.37. The average molecular weight is 198 g/mol. The van der Waals surface area contributed by atoms with Gasteiger partial charge >= 0.3 is 5.97 Å². The van der Waals surface area contributed by atoms with Gasteiger partial charge in [-0.15, -0.1) is 0 Å². The van der Waals surface area contributed by atoms with Gasteiger partial charge in [0, 0.05) is 12.2 Å². The number of rotatable bonds is 2. The summed E-state index contributed by atoms with van der Waals surface area (Å²) in [6, 6.07) is 0.396. The molecule has 1 aliphatic rings. The van der Waals surface area contributed by atoms with Gasteiger partial charge in [-0.1, -0.05) is 0 Å². The van der Waals surface area contributed by atoms with Crippen molar-refractivity contribution in [3.05, 3.63) is 16.7 Å². The molecule has 4 nitrogen and oxygen atoms in total. The first-order valence-corrected chi connectivity index (χ1v) is 4.53. The number of hydrogen-bond donors (Lipinski definition) is 1. The van der Waals surface area contributed by atoms with Gasteiger partial charge in [0.15, 0.2) is 4.77 Å². The second-order valence-corrected chi connectivity index (χ2v) is 3.46. The number of H-pyrrole nitrogens is 1. The molecule has 0 unspecified atom stereocenters. The molecule has 5 heteroatoms. The molecule has 0 bridgehead atoms. The van der Waals surface area contributed by atoms with Crippen LogP contribution in [0.25, 0.3) is 0 Å². The molecule has 70 valence electrons. The smallest absolute Gasteiger partial charge is 0.356 e. The van der Waals surface area contributed by atoms with Crippen LogP contribution in [0, 0.1) is 4.77 Å². The van der Waals surface area contributed by atoms with Crippen molar-refractivity contribution in [1.29, 1.82) is 0 Å². The van der Waals surface area contributed by atoms with Gasteiger partial charge in [-0.05, 0) is 25.1 Å². The summed E-state index contributed by atoms with van der Waals surface area (Å²) in [4.78, 5) is 14.1. The van der Waals surface area contributed by atoms with Crippen LogP contribution in [0.1, 0.15) is 29.4 Å². The lowest BCUT2D eigenvalue weighted by atomic mass is 10.4. The van der Waals surface area contributed by atoms with Crippen LogP contribution < -0.4 is 0 Å². The standard InChI is InChI=1S/C8H10N2O2S/c1-12-7(11)6-4-9-8(13)10(6)5-2-3-5/h4-5H,2-3H2,1H3,(H,9,13). The van der Waals surface area contributed by atoms with E-state index in [1.54, 1.807) is 6.20 Å². The fourth-order valence-corrected chi connectivity index (χ4v) is 1.64. The molecule has 1 fully saturated rings. The maximum atomic E-state index is 11.3. The zero-order valence-corrected chi connectivity index (χ0v) is 8.06. The van der Waals surface area contributed by atoms with E-state index < -0.39 is 0 Å². The number of ether oxygens (including phenoxy) is 1. The van der Waals surface area contributed by atoms with E-state index in [9.17, 15) is 4.79 Å². The summed E-state index contributed by atoms with van der Waals surface area (Å²) >= 11 is 5.06. The SMILES string of the molecule is COC(=O)c1c[nH]c(=S)n1C1CC1. The molecule has 0 radical (unpaired) electrons. The maximum Gasteiger partial charge on any atom is 0.356 e. The Kier molecular flexibility index (Phi) is 1.95. The van der Waals surface area contributed by atoms with Crippen LogP contribution in [0.3, 0.4) is 0 Å². The highest BCUT2D eigenvalue weighted by atomic mass is 32.1. The van der Waals surface area contributed by atoms with Gasteiger partial charge < -0.3 is 14.3 Å². The van der Waals surface area contributed by atoms with Crippen molar-refractivity contribution in [3.63, 3.8) is 0 Å². The monoisotopic (exact) mass is 198 g/mol. The van der Waals surface area contributed by atoms with E-state index in [0.29, 0.717) is 16.5 Å². The lowest BCUT2D eigenvalue weighted by Crippen LogP contribution is -2.09. The summed E-state index contributed by atoms with van der Waals surface area (Å²) in [5.74, 6) is -0.334. The first kappa shape index (κ1) is 8.50. The van der Waals surface area contributed by atoms with Crippen LogP contribution in [-0.4, -0.2) is 22.6 Å². The number of carbonyl (C=O) groups excluding carboxylic acids is 1. The number of carbonyl (C=O) groups is 1. The zero-order valence-electron chi connectivity index (χ0n) is 7.24. The highest BCUT2D eigenvalue weighted by molar-refractivity contribution is 7.71. The Morgan fingerprint density at radius 1 is 1.77 bits per heavy atom. The molecular weight excluding hydrogens is 188 g/mol. The number of nitrogens with zero attached hydrogens (tertiary/aromatic N) is 1. The summed E-state index contributed by atoms with van der Waals surface area (Å²) < 4.78 is 7.08. The fraction of sp³-hybridized carbons (Fsp3) is 0.500. The van der Waals surface area contributed by atoms with E-state index in [2.05, 4.69) is 9.72 Å². The number of aromatic nitrogens is 2. The third-order valence-corrected chi connectivity index (χ3v) is 2.43. The first-order valence-electron chi connectivity index (χ1n) is 4.12. The van der Waals surface area contributed by atoms with E-state index in [0.717, 1.165) is 12.8 Å². The lowest BCUT2D eigenvalue weighted by molar-refractivity contribution is 0.0588. The largest absolute Gasteiger partial charge is 0.464 e. The number of aromatic amines is 1. The van der Waals surface area contributed by atoms with Crippen molar-refractivity contribution >= 4 is 18.2 Å². The van der Waals surface area contributed by atoms with Crippen molar-refractivity contribution in [2.75, 3.05) is 7.11 Å². The minimum atomic E-state index is -0.334. The van der Waals surface area contributed by atoms with Gasteiger partial charge in [0.05, 0.1) is 7.11 Å². The molecule has 1 saturated carbocycles. The summed E-state index contributed by atoms with van der Waals surface area (Å²) in [5, 5.41) is 0. The first-order chi connectivity index (χ1) is 6.24.